The highest BCUT2D eigenvalue weighted by Gasteiger charge is 2.11. The Kier molecular flexibility index (Phi) is 5.29. The maximum absolute atomic E-state index is 9.18. The predicted octanol–water partition coefficient (Wildman–Crippen LogP) is 5.20. The van der Waals surface area contributed by atoms with Crippen molar-refractivity contribution in [2.24, 2.45) is 0 Å². The zero-order chi connectivity index (χ0) is 15.4. The van der Waals surface area contributed by atoms with Crippen molar-refractivity contribution in [1.82, 2.24) is 4.98 Å². The third-order valence-corrected chi connectivity index (χ3v) is 3.70. The third-order valence-electron chi connectivity index (χ3n) is 2.63. The zero-order valence-corrected chi connectivity index (χ0v) is 14.1. The molecule has 0 aliphatic carbocycles. The van der Waals surface area contributed by atoms with Crippen LogP contribution in [0.4, 0.5) is 17.3 Å². The quantitative estimate of drug-likeness (QED) is 0.759. The summed E-state index contributed by atoms with van der Waals surface area (Å²) in [6.07, 6.45) is 0. The molecule has 1 aromatic carbocycles. The molecule has 2 rings (SSSR count). The molecular formula is C14H11BrCl2N4. The molecule has 21 heavy (non-hydrogen) atoms. The van der Waals surface area contributed by atoms with Crippen LogP contribution in [0.2, 0.25) is 10.0 Å². The van der Waals surface area contributed by atoms with Crippen molar-refractivity contribution in [3.8, 4) is 6.07 Å². The van der Waals surface area contributed by atoms with Gasteiger partial charge in [-0.25, -0.2) is 4.98 Å². The van der Waals surface area contributed by atoms with Crippen LogP contribution in [0.3, 0.4) is 0 Å². The van der Waals surface area contributed by atoms with Crippen LogP contribution >= 0.6 is 39.1 Å². The second-order valence-electron chi connectivity index (χ2n) is 4.11. The Balaban J connectivity index is 2.40. The average Bonchev–Trinajstić information content (AvgIpc) is 2.45. The smallest absolute Gasteiger partial charge is 0.151 e. The average molecular weight is 386 g/mol. The summed E-state index contributed by atoms with van der Waals surface area (Å²) < 4.78 is 0.827. The van der Waals surface area contributed by atoms with E-state index in [4.69, 9.17) is 23.2 Å². The van der Waals surface area contributed by atoms with Crippen LogP contribution in [-0.2, 0) is 0 Å². The molecule has 0 atom stereocenters. The Labute approximate surface area is 141 Å². The molecule has 0 amide bonds. The van der Waals surface area contributed by atoms with Crippen LogP contribution in [0, 0.1) is 11.3 Å². The molecule has 0 fully saturated rings. The first-order chi connectivity index (χ1) is 10.0. The van der Waals surface area contributed by atoms with Gasteiger partial charge in [0.05, 0.1) is 21.3 Å². The van der Waals surface area contributed by atoms with Crippen LogP contribution in [0.1, 0.15) is 12.5 Å². The SMILES string of the molecule is CCNc1nc(Nc2ccc(Br)cc2C#N)c(Cl)cc1Cl. The van der Waals surface area contributed by atoms with Gasteiger partial charge in [-0.1, -0.05) is 39.1 Å². The van der Waals surface area contributed by atoms with Crippen molar-refractivity contribution in [3.63, 3.8) is 0 Å². The molecule has 2 N–H and O–H groups in total. The standard InChI is InChI=1S/C14H11BrCl2N4/c1-2-19-13-10(16)6-11(17)14(21-13)20-12-4-3-9(15)5-8(12)7-18/h3-6H,2H2,1H3,(H2,19,20,21). The molecule has 0 aliphatic rings. The lowest BCUT2D eigenvalue weighted by atomic mass is 10.2. The molecule has 0 saturated heterocycles. The molecule has 0 unspecified atom stereocenters. The number of aromatic nitrogens is 1. The van der Waals surface area contributed by atoms with Gasteiger partial charge in [0.1, 0.15) is 11.9 Å². The van der Waals surface area contributed by atoms with E-state index in [9.17, 15) is 5.26 Å². The van der Waals surface area contributed by atoms with Crippen molar-refractivity contribution in [3.05, 3.63) is 44.3 Å². The highest BCUT2D eigenvalue weighted by atomic mass is 79.9. The minimum absolute atomic E-state index is 0.383. The first-order valence-corrected chi connectivity index (χ1v) is 7.66. The summed E-state index contributed by atoms with van der Waals surface area (Å²) in [6.45, 7) is 2.64. The highest BCUT2D eigenvalue weighted by Crippen LogP contribution is 2.32. The molecule has 0 radical (unpaired) electrons. The molecular weight excluding hydrogens is 375 g/mol. The Hall–Kier alpha value is -1.48. The molecule has 0 aliphatic heterocycles. The van der Waals surface area contributed by atoms with Gasteiger partial charge in [0, 0.05) is 11.0 Å². The number of pyridine rings is 1. The molecule has 2 aromatic rings. The number of benzene rings is 1. The summed E-state index contributed by atoms with van der Waals surface area (Å²) >= 11 is 15.5. The molecule has 1 heterocycles. The Morgan fingerprint density at radius 2 is 1.95 bits per heavy atom. The number of rotatable bonds is 4. The fourth-order valence-electron chi connectivity index (χ4n) is 1.69. The fourth-order valence-corrected chi connectivity index (χ4v) is 2.52. The summed E-state index contributed by atoms with van der Waals surface area (Å²) in [5, 5.41) is 16.1. The van der Waals surface area contributed by atoms with Crippen LogP contribution in [0.5, 0.6) is 0 Å². The second kappa shape index (κ2) is 6.99. The Bertz CT molecular complexity index is 713. The van der Waals surface area contributed by atoms with Crippen LogP contribution in [0.25, 0.3) is 0 Å². The van der Waals surface area contributed by atoms with Crippen LogP contribution in [0.15, 0.2) is 28.7 Å². The van der Waals surface area contributed by atoms with Gasteiger partial charge in [-0.15, -0.1) is 0 Å². The molecule has 0 bridgehead atoms. The maximum Gasteiger partial charge on any atom is 0.151 e. The normalized spacial score (nSPS) is 10.0. The number of hydrogen-bond acceptors (Lipinski definition) is 4. The van der Waals surface area contributed by atoms with Crippen molar-refractivity contribution in [2.45, 2.75) is 6.92 Å². The lowest BCUT2D eigenvalue weighted by Crippen LogP contribution is -2.03. The van der Waals surface area contributed by atoms with E-state index in [1.54, 1.807) is 18.2 Å². The minimum Gasteiger partial charge on any atom is -0.369 e. The lowest BCUT2D eigenvalue weighted by Gasteiger charge is -2.12. The summed E-state index contributed by atoms with van der Waals surface area (Å²) in [4.78, 5) is 4.35. The van der Waals surface area contributed by atoms with Gasteiger partial charge in [-0.3, -0.25) is 0 Å². The Morgan fingerprint density at radius 3 is 2.62 bits per heavy atom. The predicted molar refractivity (Wildman–Crippen MR) is 90.6 cm³/mol. The summed E-state index contributed by atoms with van der Waals surface area (Å²) in [7, 11) is 0. The second-order valence-corrected chi connectivity index (χ2v) is 5.84. The number of nitrogens with zero attached hydrogens (tertiary/aromatic N) is 2. The summed E-state index contributed by atoms with van der Waals surface area (Å²) in [5.74, 6) is 0.984. The monoisotopic (exact) mass is 384 g/mol. The molecule has 1 aromatic heterocycles. The van der Waals surface area contributed by atoms with E-state index >= 15 is 0 Å². The van der Waals surface area contributed by atoms with Crippen LogP contribution < -0.4 is 10.6 Å². The molecule has 0 saturated carbocycles. The van der Waals surface area contributed by atoms with E-state index in [1.165, 1.54) is 0 Å². The number of nitrogens with one attached hydrogen (secondary N) is 2. The summed E-state index contributed by atoms with van der Waals surface area (Å²) in [5.41, 5.74) is 1.11. The summed E-state index contributed by atoms with van der Waals surface area (Å²) in [6, 6.07) is 9.07. The van der Waals surface area contributed by atoms with Crippen molar-refractivity contribution in [1.29, 1.82) is 5.26 Å². The van der Waals surface area contributed by atoms with Gasteiger partial charge in [0.25, 0.3) is 0 Å². The molecule has 0 spiro atoms. The van der Waals surface area contributed by atoms with E-state index in [2.05, 4.69) is 37.6 Å². The number of hydrogen-bond donors (Lipinski definition) is 2. The van der Waals surface area contributed by atoms with E-state index in [0.717, 1.165) is 4.47 Å². The minimum atomic E-state index is 0.383. The van der Waals surface area contributed by atoms with Crippen molar-refractivity contribution >= 4 is 56.5 Å². The zero-order valence-electron chi connectivity index (χ0n) is 11.0. The number of halogens is 3. The van der Waals surface area contributed by atoms with Crippen molar-refractivity contribution < 1.29 is 0 Å². The highest BCUT2D eigenvalue weighted by molar-refractivity contribution is 9.10. The van der Waals surface area contributed by atoms with Gasteiger partial charge in [-0.05, 0) is 31.2 Å². The number of nitriles is 1. The van der Waals surface area contributed by atoms with Gasteiger partial charge in [0.15, 0.2) is 5.82 Å². The van der Waals surface area contributed by atoms with E-state index in [-0.39, 0.29) is 0 Å². The van der Waals surface area contributed by atoms with Gasteiger partial charge in [-0.2, -0.15) is 5.26 Å². The first kappa shape index (κ1) is 15.9. The van der Waals surface area contributed by atoms with E-state index in [0.29, 0.717) is 39.5 Å². The Morgan fingerprint density at radius 1 is 1.24 bits per heavy atom. The first-order valence-electron chi connectivity index (χ1n) is 6.11. The third kappa shape index (κ3) is 3.79. The van der Waals surface area contributed by atoms with E-state index in [1.807, 2.05) is 13.0 Å². The maximum atomic E-state index is 9.18. The largest absolute Gasteiger partial charge is 0.369 e. The molecule has 4 nitrogen and oxygen atoms in total. The van der Waals surface area contributed by atoms with Gasteiger partial charge < -0.3 is 10.6 Å². The molecule has 108 valence electrons. The van der Waals surface area contributed by atoms with Gasteiger partial charge in [0.2, 0.25) is 0 Å². The van der Waals surface area contributed by atoms with Gasteiger partial charge >= 0.3 is 0 Å². The fraction of sp³-hybridized carbons (Fsp3) is 0.143. The topological polar surface area (TPSA) is 60.7 Å². The van der Waals surface area contributed by atoms with E-state index < -0.39 is 0 Å². The number of anilines is 3. The molecule has 7 heteroatoms. The van der Waals surface area contributed by atoms with Crippen molar-refractivity contribution in [2.75, 3.05) is 17.2 Å². The lowest BCUT2D eigenvalue weighted by molar-refractivity contribution is 1.16. The van der Waals surface area contributed by atoms with Crippen LogP contribution in [-0.4, -0.2) is 11.5 Å².